The first-order valence-electron chi connectivity index (χ1n) is 10.7. The van der Waals surface area contributed by atoms with Gasteiger partial charge in [-0.05, 0) is 61.6 Å². The number of amides is 1. The lowest BCUT2D eigenvalue weighted by Gasteiger charge is -2.31. The summed E-state index contributed by atoms with van der Waals surface area (Å²) >= 11 is 0. The van der Waals surface area contributed by atoms with E-state index in [2.05, 4.69) is 24.4 Å². The van der Waals surface area contributed by atoms with Gasteiger partial charge in [-0.25, -0.2) is 8.42 Å². The van der Waals surface area contributed by atoms with Crippen molar-refractivity contribution in [2.45, 2.75) is 31.1 Å². The number of benzene rings is 2. The molecule has 0 aliphatic carbocycles. The van der Waals surface area contributed by atoms with Crippen LogP contribution < -0.4 is 5.32 Å². The summed E-state index contributed by atoms with van der Waals surface area (Å²) in [6, 6.07) is 15.3. The number of hydrogen-bond donors (Lipinski definition) is 1. The third kappa shape index (κ3) is 4.52. The number of nitrogens with one attached hydrogen (secondary N) is 1. The number of rotatable bonds is 6. The van der Waals surface area contributed by atoms with Crippen molar-refractivity contribution in [2.24, 2.45) is 13.0 Å². The predicted octanol–water partition coefficient (Wildman–Crippen LogP) is 3.25. The maximum absolute atomic E-state index is 13.2. The standard InChI is InChI=1S/C24H29N3O3S/c1-18-6-3-4-7-19(18)11-13-25-24(28)21-8-5-14-27(17-21)31(29,30)22-9-10-23-20(16-22)12-15-26(23)2/h3-4,6-7,9-10,12,15-16,21H,5,8,11,13-14,17H2,1-2H3,(H,25,28)/t21-/m1/s1. The fourth-order valence-electron chi connectivity index (χ4n) is 4.30. The summed E-state index contributed by atoms with van der Waals surface area (Å²) in [4.78, 5) is 13.0. The van der Waals surface area contributed by atoms with Crippen LogP contribution in [0.25, 0.3) is 10.9 Å². The molecule has 1 aromatic heterocycles. The summed E-state index contributed by atoms with van der Waals surface area (Å²) in [5.41, 5.74) is 3.41. The molecular weight excluding hydrogens is 410 g/mol. The Balaban J connectivity index is 1.40. The molecular formula is C24H29N3O3S. The summed E-state index contributed by atoms with van der Waals surface area (Å²) in [6.07, 6.45) is 4.08. The number of fused-ring (bicyclic) bond motifs is 1. The largest absolute Gasteiger partial charge is 0.355 e. The van der Waals surface area contributed by atoms with E-state index in [9.17, 15) is 13.2 Å². The van der Waals surface area contributed by atoms with Gasteiger partial charge in [0.05, 0.1) is 10.8 Å². The maximum atomic E-state index is 13.2. The Kier molecular flexibility index (Phi) is 6.16. The molecule has 0 bridgehead atoms. The second-order valence-corrected chi connectivity index (χ2v) is 10.3. The van der Waals surface area contributed by atoms with Crippen LogP contribution >= 0.6 is 0 Å². The molecule has 2 aromatic carbocycles. The Morgan fingerprint density at radius 1 is 1.16 bits per heavy atom. The van der Waals surface area contributed by atoms with Crippen molar-refractivity contribution in [3.63, 3.8) is 0 Å². The highest BCUT2D eigenvalue weighted by molar-refractivity contribution is 7.89. The minimum Gasteiger partial charge on any atom is -0.355 e. The monoisotopic (exact) mass is 439 g/mol. The molecule has 6 nitrogen and oxygen atoms in total. The number of nitrogens with zero attached hydrogens (tertiary/aromatic N) is 2. The Morgan fingerprint density at radius 2 is 1.97 bits per heavy atom. The normalized spacial score (nSPS) is 17.7. The minimum absolute atomic E-state index is 0.0630. The van der Waals surface area contributed by atoms with Crippen LogP contribution in [-0.2, 0) is 28.3 Å². The van der Waals surface area contributed by atoms with Crippen LogP contribution in [0.2, 0.25) is 0 Å². The molecule has 1 atom stereocenters. The SMILES string of the molecule is Cc1ccccc1CCNC(=O)[C@@H]1CCCN(S(=O)(=O)c2ccc3c(ccn3C)c2)C1. The van der Waals surface area contributed by atoms with Gasteiger partial charge in [-0.1, -0.05) is 24.3 Å². The van der Waals surface area contributed by atoms with Crippen LogP contribution in [0.1, 0.15) is 24.0 Å². The van der Waals surface area contributed by atoms with Gasteiger partial charge in [0.25, 0.3) is 0 Å². The number of sulfonamides is 1. The first-order valence-corrected chi connectivity index (χ1v) is 12.2. The molecule has 7 heteroatoms. The Morgan fingerprint density at radius 3 is 2.77 bits per heavy atom. The summed E-state index contributed by atoms with van der Waals surface area (Å²) in [5, 5.41) is 3.90. The molecule has 2 heterocycles. The molecule has 31 heavy (non-hydrogen) atoms. The van der Waals surface area contributed by atoms with E-state index in [0.717, 1.165) is 17.3 Å². The molecule has 4 rings (SSSR count). The lowest BCUT2D eigenvalue weighted by atomic mass is 9.98. The van der Waals surface area contributed by atoms with E-state index in [0.29, 0.717) is 25.9 Å². The molecule has 1 aliphatic rings. The highest BCUT2D eigenvalue weighted by Gasteiger charge is 2.33. The summed E-state index contributed by atoms with van der Waals surface area (Å²) < 4.78 is 29.9. The molecule has 0 saturated carbocycles. The molecule has 1 N–H and O–H groups in total. The first-order chi connectivity index (χ1) is 14.9. The van der Waals surface area contributed by atoms with E-state index in [1.165, 1.54) is 15.4 Å². The molecule has 1 fully saturated rings. The van der Waals surface area contributed by atoms with Crippen LogP contribution in [0, 0.1) is 12.8 Å². The van der Waals surface area contributed by atoms with Crippen LogP contribution in [-0.4, -0.2) is 42.8 Å². The quantitative estimate of drug-likeness (QED) is 0.641. The van der Waals surface area contributed by atoms with Crippen LogP contribution in [0.3, 0.4) is 0 Å². The van der Waals surface area contributed by atoms with Crippen molar-refractivity contribution in [3.8, 4) is 0 Å². The van der Waals surface area contributed by atoms with Crippen molar-refractivity contribution >= 4 is 26.8 Å². The number of aryl methyl sites for hydroxylation is 2. The number of carbonyl (C=O) groups excluding carboxylic acids is 1. The van der Waals surface area contributed by atoms with Gasteiger partial charge >= 0.3 is 0 Å². The zero-order valence-electron chi connectivity index (χ0n) is 18.0. The zero-order chi connectivity index (χ0) is 22.0. The molecule has 164 valence electrons. The van der Waals surface area contributed by atoms with E-state index in [-0.39, 0.29) is 23.3 Å². The van der Waals surface area contributed by atoms with E-state index in [1.807, 2.05) is 42.1 Å². The van der Waals surface area contributed by atoms with E-state index in [1.54, 1.807) is 12.1 Å². The number of aromatic nitrogens is 1. The first kappa shape index (κ1) is 21.6. The fraction of sp³-hybridized carbons (Fsp3) is 0.375. The van der Waals surface area contributed by atoms with Gasteiger partial charge in [-0.3, -0.25) is 4.79 Å². The third-order valence-corrected chi connectivity index (χ3v) is 8.07. The highest BCUT2D eigenvalue weighted by Crippen LogP contribution is 2.26. The average molecular weight is 440 g/mol. The molecule has 1 amide bonds. The second kappa shape index (κ2) is 8.85. The van der Waals surface area contributed by atoms with Gasteiger partial charge in [0.1, 0.15) is 0 Å². The van der Waals surface area contributed by atoms with Gasteiger partial charge in [0.15, 0.2) is 0 Å². The van der Waals surface area contributed by atoms with Crippen LogP contribution in [0.15, 0.2) is 59.6 Å². The molecule has 0 unspecified atom stereocenters. The summed E-state index contributed by atoms with van der Waals surface area (Å²) in [6.45, 7) is 3.29. The molecule has 3 aromatic rings. The zero-order valence-corrected chi connectivity index (χ0v) is 18.9. The highest BCUT2D eigenvalue weighted by atomic mass is 32.2. The van der Waals surface area contributed by atoms with Gasteiger partial charge in [-0.2, -0.15) is 4.31 Å². The van der Waals surface area contributed by atoms with Crippen LogP contribution in [0.4, 0.5) is 0 Å². The lowest BCUT2D eigenvalue weighted by Crippen LogP contribution is -2.45. The molecule has 0 radical (unpaired) electrons. The fourth-order valence-corrected chi connectivity index (χ4v) is 5.86. The Hall–Kier alpha value is -2.64. The average Bonchev–Trinajstić information content (AvgIpc) is 3.15. The van der Waals surface area contributed by atoms with Crippen LogP contribution in [0.5, 0.6) is 0 Å². The topological polar surface area (TPSA) is 71.4 Å². The van der Waals surface area contributed by atoms with Crippen molar-refractivity contribution in [1.29, 1.82) is 0 Å². The van der Waals surface area contributed by atoms with E-state index < -0.39 is 10.0 Å². The Bertz CT molecular complexity index is 1200. The van der Waals surface area contributed by atoms with Gasteiger partial charge in [0, 0.05) is 43.8 Å². The minimum atomic E-state index is -3.64. The lowest BCUT2D eigenvalue weighted by molar-refractivity contribution is -0.126. The Labute approximate surface area is 183 Å². The van der Waals surface area contributed by atoms with Crippen molar-refractivity contribution in [1.82, 2.24) is 14.2 Å². The number of carbonyl (C=O) groups is 1. The third-order valence-electron chi connectivity index (χ3n) is 6.20. The maximum Gasteiger partial charge on any atom is 0.243 e. The van der Waals surface area contributed by atoms with Gasteiger partial charge in [0.2, 0.25) is 15.9 Å². The molecule has 1 aliphatic heterocycles. The predicted molar refractivity (Wildman–Crippen MR) is 122 cm³/mol. The van der Waals surface area contributed by atoms with E-state index >= 15 is 0 Å². The smallest absolute Gasteiger partial charge is 0.243 e. The molecule has 1 saturated heterocycles. The van der Waals surface area contributed by atoms with Gasteiger partial charge < -0.3 is 9.88 Å². The summed E-state index contributed by atoms with van der Waals surface area (Å²) in [5.74, 6) is -0.382. The number of hydrogen-bond acceptors (Lipinski definition) is 3. The van der Waals surface area contributed by atoms with Crippen molar-refractivity contribution < 1.29 is 13.2 Å². The van der Waals surface area contributed by atoms with E-state index in [4.69, 9.17) is 0 Å². The van der Waals surface area contributed by atoms with Gasteiger partial charge in [-0.15, -0.1) is 0 Å². The molecule has 0 spiro atoms. The second-order valence-electron chi connectivity index (χ2n) is 8.32. The van der Waals surface area contributed by atoms with Crippen molar-refractivity contribution in [3.05, 3.63) is 65.9 Å². The van der Waals surface area contributed by atoms with Crippen molar-refractivity contribution in [2.75, 3.05) is 19.6 Å². The number of piperidine rings is 1. The summed E-state index contributed by atoms with van der Waals surface area (Å²) in [7, 11) is -1.70.